The average molecular weight is 342 g/mol. The molecule has 1 nitrogen and oxygen atoms in total. The van der Waals surface area contributed by atoms with E-state index < -0.39 is 0 Å². The van der Waals surface area contributed by atoms with E-state index >= 15 is 0 Å². The van der Waals surface area contributed by atoms with Crippen LogP contribution in [0.15, 0.2) is 73.3 Å². The summed E-state index contributed by atoms with van der Waals surface area (Å²) in [5, 5.41) is 0. The number of ether oxygens (including phenoxy) is 1. The first-order valence-corrected chi connectivity index (χ1v) is 9.09. The minimum Gasteiger partial charge on any atom is -0.496 e. The Balaban J connectivity index is 1.85. The van der Waals surface area contributed by atoms with Crippen molar-refractivity contribution < 1.29 is 4.74 Å². The van der Waals surface area contributed by atoms with E-state index in [2.05, 4.69) is 75.0 Å². The van der Waals surface area contributed by atoms with Gasteiger partial charge in [0.1, 0.15) is 5.75 Å². The van der Waals surface area contributed by atoms with Gasteiger partial charge < -0.3 is 4.74 Å². The second-order valence-corrected chi connectivity index (χ2v) is 6.67. The van der Waals surface area contributed by atoms with Gasteiger partial charge in [-0.15, -0.1) is 6.58 Å². The van der Waals surface area contributed by atoms with Gasteiger partial charge in [-0.2, -0.15) is 0 Å². The van der Waals surface area contributed by atoms with E-state index in [0.29, 0.717) is 0 Å². The maximum absolute atomic E-state index is 5.42. The molecule has 0 aliphatic rings. The Labute approximate surface area is 157 Å². The fourth-order valence-electron chi connectivity index (χ4n) is 3.30. The van der Waals surface area contributed by atoms with E-state index in [4.69, 9.17) is 4.74 Å². The smallest absolute Gasteiger partial charge is 0.122 e. The number of hydrogen-bond donors (Lipinski definition) is 0. The highest BCUT2D eigenvalue weighted by atomic mass is 16.5. The summed E-state index contributed by atoms with van der Waals surface area (Å²) in [4.78, 5) is 0. The lowest BCUT2D eigenvalue weighted by Gasteiger charge is -2.13. The fraction of sp³-hybridized carbons (Fsp3) is 0.200. The van der Waals surface area contributed by atoms with Crippen LogP contribution in [0.5, 0.6) is 5.75 Å². The number of rotatable bonds is 6. The molecule has 0 saturated carbocycles. The van der Waals surface area contributed by atoms with E-state index in [9.17, 15) is 0 Å². The van der Waals surface area contributed by atoms with Crippen LogP contribution in [0.1, 0.15) is 23.1 Å². The Hall–Kier alpha value is -2.80. The van der Waals surface area contributed by atoms with E-state index in [1.807, 2.05) is 12.1 Å². The van der Waals surface area contributed by atoms with E-state index in [-0.39, 0.29) is 0 Å². The van der Waals surface area contributed by atoms with Crippen molar-refractivity contribution in [2.45, 2.75) is 26.7 Å². The second kappa shape index (κ2) is 8.05. The molecule has 3 rings (SSSR count). The first-order valence-electron chi connectivity index (χ1n) is 9.09. The van der Waals surface area contributed by atoms with Crippen LogP contribution < -0.4 is 4.74 Å². The Morgan fingerprint density at radius 1 is 0.769 bits per heavy atom. The molecule has 3 aromatic carbocycles. The molecule has 0 amide bonds. The predicted octanol–water partition coefficient (Wildman–Crippen LogP) is 6.76. The third-order valence-corrected chi connectivity index (χ3v) is 5.08. The number of aryl methyl sites for hydroxylation is 1. The van der Waals surface area contributed by atoms with Crippen molar-refractivity contribution in [2.24, 2.45) is 0 Å². The lowest BCUT2D eigenvalue weighted by Crippen LogP contribution is -1.93. The van der Waals surface area contributed by atoms with Crippen molar-refractivity contribution in [3.63, 3.8) is 0 Å². The van der Waals surface area contributed by atoms with Crippen LogP contribution in [0.3, 0.4) is 0 Å². The molecule has 0 unspecified atom stereocenters. The summed E-state index contributed by atoms with van der Waals surface area (Å²) in [6.07, 6.45) is 4.04. The van der Waals surface area contributed by atoms with E-state index in [0.717, 1.165) is 18.6 Å². The maximum Gasteiger partial charge on any atom is 0.122 e. The Morgan fingerprint density at radius 2 is 1.35 bits per heavy atom. The zero-order chi connectivity index (χ0) is 18.5. The monoisotopic (exact) mass is 342 g/mol. The van der Waals surface area contributed by atoms with Crippen molar-refractivity contribution in [3.05, 3.63) is 90.0 Å². The number of methoxy groups -OCH3 is 1. The quantitative estimate of drug-likeness (QED) is 0.449. The van der Waals surface area contributed by atoms with Crippen molar-refractivity contribution >= 4 is 0 Å². The van der Waals surface area contributed by atoms with Gasteiger partial charge in [0.2, 0.25) is 0 Å². The maximum atomic E-state index is 5.42. The summed E-state index contributed by atoms with van der Waals surface area (Å²) in [5.41, 5.74) is 8.81. The van der Waals surface area contributed by atoms with E-state index in [1.54, 1.807) is 7.11 Å². The molecule has 0 aliphatic carbocycles. The van der Waals surface area contributed by atoms with Gasteiger partial charge in [0, 0.05) is 0 Å². The van der Waals surface area contributed by atoms with Crippen molar-refractivity contribution in [2.75, 3.05) is 7.11 Å². The summed E-state index contributed by atoms with van der Waals surface area (Å²) in [5.74, 6) is 0.944. The third kappa shape index (κ3) is 3.72. The predicted molar refractivity (Wildman–Crippen MR) is 112 cm³/mol. The van der Waals surface area contributed by atoms with Gasteiger partial charge in [0.05, 0.1) is 7.11 Å². The summed E-state index contributed by atoms with van der Waals surface area (Å²) in [6.45, 7) is 8.06. The molecular weight excluding hydrogens is 316 g/mol. The van der Waals surface area contributed by atoms with Gasteiger partial charge in [-0.05, 0) is 71.7 Å². The largest absolute Gasteiger partial charge is 0.496 e. The van der Waals surface area contributed by atoms with Gasteiger partial charge in [-0.3, -0.25) is 0 Å². The number of benzene rings is 3. The summed E-state index contributed by atoms with van der Waals surface area (Å²) in [6, 6.07) is 21.8. The molecule has 0 bridgehead atoms. The highest BCUT2D eigenvalue weighted by molar-refractivity contribution is 5.73. The molecule has 3 aromatic rings. The third-order valence-electron chi connectivity index (χ3n) is 5.08. The van der Waals surface area contributed by atoms with Crippen LogP contribution in [-0.2, 0) is 6.42 Å². The molecule has 26 heavy (non-hydrogen) atoms. The molecular formula is C25H26O. The lowest BCUT2D eigenvalue weighted by molar-refractivity contribution is 0.411. The average Bonchev–Trinajstić information content (AvgIpc) is 2.69. The molecule has 0 spiro atoms. The first-order chi connectivity index (χ1) is 12.6. The zero-order valence-electron chi connectivity index (χ0n) is 15.9. The summed E-state index contributed by atoms with van der Waals surface area (Å²) < 4.78 is 5.42. The molecule has 0 atom stereocenters. The topological polar surface area (TPSA) is 9.23 Å². The standard InChI is InChI=1S/C25H26O/c1-5-6-7-20-8-10-21(11-9-20)22-12-14-23(15-13-22)24-16-17-25(26-4)19(3)18(24)2/h5,8-17H,1,6-7H2,2-4H3. The molecule has 132 valence electrons. The second-order valence-electron chi connectivity index (χ2n) is 6.67. The summed E-state index contributed by atoms with van der Waals surface area (Å²) >= 11 is 0. The zero-order valence-corrected chi connectivity index (χ0v) is 15.9. The van der Waals surface area contributed by atoms with Crippen LogP contribution in [0, 0.1) is 13.8 Å². The van der Waals surface area contributed by atoms with Gasteiger partial charge in [0.25, 0.3) is 0 Å². The number of allylic oxidation sites excluding steroid dienone is 1. The normalized spacial score (nSPS) is 10.6. The highest BCUT2D eigenvalue weighted by Gasteiger charge is 2.08. The lowest BCUT2D eigenvalue weighted by atomic mass is 9.94. The first kappa shape index (κ1) is 18.0. The molecule has 0 N–H and O–H groups in total. The molecule has 0 saturated heterocycles. The minimum atomic E-state index is 0.944. The molecule has 0 aliphatic heterocycles. The van der Waals surface area contributed by atoms with Crippen molar-refractivity contribution in [1.82, 2.24) is 0 Å². The van der Waals surface area contributed by atoms with Gasteiger partial charge >= 0.3 is 0 Å². The van der Waals surface area contributed by atoms with Crippen molar-refractivity contribution in [1.29, 1.82) is 0 Å². The van der Waals surface area contributed by atoms with Crippen LogP contribution in [0.2, 0.25) is 0 Å². The fourth-order valence-corrected chi connectivity index (χ4v) is 3.30. The van der Waals surface area contributed by atoms with Gasteiger partial charge in [-0.25, -0.2) is 0 Å². The van der Waals surface area contributed by atoms with Gasteiger partial charge in [-0.1, -0.05) is 60.7 Å². The molecule has 1 heteroatoms. The molecule has 0 aromatic heterocycles. The summed E-state index contributed by atoms with van der Waals surface area (Å²) in [7, 11) is 1.72. The SMILES string of the molecule is C=CCCc1ccc(-c2ccc(-c3ccc(OC)c(C)c3C)cc2)cc1. The van der Waals surface area contributed by atoms with Crippen molar-refractivity contribution in [3.8, 4) is 28.0 Å². The van der Waals surface area contributed by atoms with Crippen LogP contribution in [-0.4, -0.2) is 7.11 Å². The Morgan fingerprint density at radius 3 is 1.92 bits per heavy atom. The van der Waals surface area contributed by atoms with Crippen LogP contribution in [0.25, 0.3) is 22.3 Å². The van der Waals surface area contributed by atoms with Gasteiger partial charge in [0.15, 0.2) is 0 Å². The Bertz CT molecular complexity index is 887. The van der Waals surface area contributed by atoms with Crippen LogP contribution in [0.4, 0.5) is 0 Å². The molecule has 0 radical (unpaired) electrons. The Kier molecular flexibility index (Phi) is 5.58. The minimum absolute atomic E-state index is 0.944. The van der Waals surface area contributed by atoms with Crippen LogP contribution >= 0.6 is 0 Å². The number of hydrogen-bond acceptors (Lipinski definition) is 1. The highest BCUT2D eigenvalue weighted by Crippen LogP contribution is 2.32. The van der Waals surface area contributed by atoms with E-state index in [1.165, 1.54) is 38.9 Å². The molecule has 0 fully saturated rings. The molecule has 0 heterocycles.